The number of rotatable bonds is 5. The minimum absolute atomic E-state index is 0.138. The van der Waals surface area contributed by atoms with Gasteiger partial charge in [0.15, 0.2) is 29.2 Å². The van der Waals surface area contributed by atoms with E-state index in [1.807, 2.05) is 0 Å². The van der Waals surface area contributed by atoms with Crippen LogP contribution in [0.3, 0.4) is 0 Å². The summed E-state index contributed by atoms with van der Waals surface area (Å²) in [6.07, 6.45) is -1.24. The van der Waals surface area contributed by atoms with Gasteiger partial charge in [0.1, 0.15) is 24.6 Å². The van der Waals surface area contributed by atoms with Crippen LogP contribution in [0.2, 0.25) is 5.15 Å². The van der Waals surface area contributed by atoms with E-state index >= 15 is 0 Å². The van der Waals surface area contributed by atoms with E-state index < -0.39 is 42.4 Å². The van der Waals surface area contributed by atoms with Gasteiger partial charge in [-0.2, -0.15) is 0 Å². The molecule has 0 radical (unpaired) electrons. The molecule has 4 atom stereocenters. The molecule has 0 aromatic carbocycles. The molecule has 28 heavy (non-hydrogen) atoms. The summed E-state index contributed by atoms with van der Waals surface area (Å²) in [4.78, 5) is 46.6. The van der Waals surface area contributed by atoms with Crippen molar-refractivity contribution >= 4 is 40.7 Å². The molecule has 1 aliphatic heterocycles. The predicted octanol–water partition coefficient (Wildman–Crippen LogP) is 0.804. The van der Waals surface area contributed by atoms with E-state index in [-0.39, 0.29) is 11.8 Å². The maximum absolute atomic E-state index is 11.7. The summed E-state index contributed by atoms with van der Waals surface area (Å²) >= 11 is 6.03. The van der Waals surface area contributed by atoms with Gasteiger partial charge in [-0.3, -0.25) is 19.0 Å². The Balaban J connectivity index is 2.01. The molecule has 0 aliphatic carbocycles. The van der Waals surface area contributed by atoms with E-state index in [2.05, 4.69) is 15.0 Å². The van der Waals surface area contributed by atoms with Crippen LogP contribution in [0.5, 0.6) is 0 Å². The number of imidazole rings is 1. The number of fused-ring (bicyclic) bond motifs is 1. The van der Waals surface area contributed by atoms with Crippen molar-refractivity contribution in [1.82, 2.24) is 19.5 Å². The molecule has 0 saturated carbocycles. The van der Waals surface area contributed by atoms with Gasteiger partial charge in [-0.05, 0) is 0 Å². The first kappa shape index (κ1) is 20.0. The van der Waals surface area contributed by atoms with E-state index in [0.717, 1.165) is 0 Å². The second-order valence-corrected chi connectivity index (χ2v) is 6.36. The topological polar surface area (TPSA) is 132 Å². The standard InChI is InChI=1S/C16H17ClN4O7/c1-7(22)25-4-10-12(26-8(2)23)13(27-9(3)24)16(28-10)21-6-20-11-14(17)18-5-19-15(11)21/h5-6,10,12-13,16H,4H2,1-3H3/t10-,12+,13-,16+/m0/s1. The van der Waals surface area contributed by atoms with Crippen molar-refractivity contribution in [3.8, 4) is 0 Å². The van der Waals surface area contributed by atoms with Gasteiger partial charge in [0.05, 0.1) is 6.33 Å². The van der Waals surface area contributed by atoms with Crippen LogP contribution in [-0.4, -0.2) is 62.3 Å². The molecule has 3 heterocycles. The van der Waals surface area contributed by atoms with Gasteiger partial charge >= 0.3 is 17.9 Å². The molecule has 12 heteroatoms. The highest BCUT2D eigenvalue weighted by Gasteiger charge is 2.51. The molecule has 0 bridgehead atoms. The smallest absolute Gasteiger partial charge is 0.303 e. The maximum atomic E-state index is 11.7. The van der Waals surface area contributed by atoms with E-state index in [4.69, 9.17) is 30.5 Å². The normalized spacial score (nSPS) is 24.1. The lowest BCUT2D eigenvalue weighted by atomic mass is 10.1. The summed E-state index contributed by atoms with van der Waals surface area (Å²) in [7, 11) is 0. The first-order chi connectivity index (χ1) is 13.3. The Morgan fingerprint density at radius 3 is 2.39 bits per heavy atom. The molecule has 1 fully saturated rings. The molecule has 150 valence electrons. The summed E-state index contributed by atoms with van der Waals surface area (Å²) in [5.74, 6) is -1.76. The Hall–Kier alpha value is -2.79. The van der Waals surface area contributed by atoms with Gasteiger partial charge in [-0.1, -0.05) is 11.6 Å². The van der Waals surface area contributed by atoms with Crippen molar-refractivity contribution in [1.29, 1.82) is 0 Å². The van der Waals surface area contributed by atoms with E-state index in [1.165, 1.54) is 38.0 Å². The molecule has 11 nitrogen and oxygen atoms in total. The number of hydrogen-bond donors (Lipinski definition) is 0. The first-order valence-electron chi connectivity index (χ1n) is 8.24. The van der Waals surface area contributed by atoms with Crippen LogP contribution in [0.25, 0.3) is 11.2 Å². The molecule has 2 aromatic rings. The highest BCUT2D eigenvalue weighted by atomic mass is 35.5. The van der Waals surface area contributed by atoms with Gasteiger partial charge in [-0.15, -0.1) is 0 Å². The van der Waals surface area contributed by atoms with Gasteiger partial charge < -0.3 is 18.9 Å². The quantitative estimate of drug-likeness (QED) is 0.394. The largest absolute Gasteiger partial charge is 0.463 e. The van der Waals surface area contributed by atoms with E-state index in [0.29, 0.717) is 11.2 Å². The minimum atomic E-state index is -1.03. The number of hydrogen-bond acceptors (Lipinski definition) is 10. The van der Waals surface area contributed by atoms with Crippen LogP contribution >= 0.6 is 11.6 Å². The zero-order chi connectivity index (χ0) is 20.4. The molecular formula is C16H17ClN4O7. The average molecular weight is 413 g/mol. The van der Waals surface area contributed by atoms with Gasteiger partial charge in [-0.25, -0.2) is 15.0 Å². The molecule has 0 amide bonds. The molecule has 0 N–H and O–H groups in total. The van der Waals surface area contributed by atoms with E-state index in [9.17, 15) is 14.4 Å². The van der Waals surface area contributed by atoms with E-state index in [1.54, 1.807) is 0 Å². The highest BCUT2D eigenvalue weighted by Crippen LogP contribution is 2.36. The van der Waals surface area contributed by atoms with Crippen molar-refractivity contribution < 1.29 is 33.3 Å². The lowest BCUT2D eigenvalue weighted by molar-refractivity contribution is -0.166. The van der Waals surface area contributed by atoms with Gasteiger partial charge in [0.2, 0.25) is 0 Å². The molecule has 0 unspecified atom stereocenters. The lowest BCUT2D eigenvalue weighted by Crippen LogP contribution is -2.40. The van der Waals surface area contributed by atoms with Crippen LogP contribution in [0, 0.1) is 0 Å². The number of esters is 3. The van der Waals surface area contributed by atoms with Gasteiger partial charge in [0.25, 0.3) is 0 Å². The third-order valence-electron chi connectivity index (χ3n) is 3.93. The Kier molecular flexibility index (Phi) is 5.75. The fraction of sp³-hybridized carbons (Fsp3) is 0.500. The minimum Gasteiger partial charge on any atom is -0.463 e. The SMILES string of the molecule is CC(=O)OC[C@@H]1O[C@@H](n2cnc3c(Cl)ncnc32)[C@@H](OC(C)=O)[C@@H]1OC(C)=O. The maximum Gasteiger partial charge on any atom is 0.303 e. The summed E-state index contributed by atoms with van der Waals surface area (Å²) in [5, 5.41) is 0.138. The summed E-state index contributed by atoms with van der Waals surface area (Å²) in [5.41, 5.74) is 0.652. The number of halogens is 1. The second-order valence-electron chi connectivity index (χ2n) is 6.00. The lowest BCUT2D eigenvalue weighted by Gasteiger charge is -2.23. The fourth-order valence-corrected chi connectivity index (χ4v) is 3.10. The van der Waals surface area contributed by atoms with Gasteiger partial charge in [0, 0.05) is 20.8 Å². The Bertz CT molecular complexity index is 918. The van der Waals surface area contributed by atoms with Crippen molar-refractivity contribution in [3.05, 3.63) is 17.8 Å². The zero-order valence-corrected chi connectivity index (χ0v) is 16.0. The Morgan fingerprint density at radius 2 is 1.75 bits per heavy atom. The highest BCUT2D eigenvalue weighted by molar-refractivity contribution is 6.33. The molecular weight excluding hydrogens is 396 g/mol. The van der Waals surface area contributed by atoms with Crippen LogP contribution in [-0.2, 0) is 33.3 Å². The van der Waals surface area contributed by atoms with Crippen molar-refractivity contribution in [3.63, 3.8) is 0 Å². The average Bonchev–Trinajstić information content (AvgIpc) is 3.16. The molecule has 3 rings (SSSR count). The van der Waals surface area contributed by atoms with Crippen LogP contribution in [0.4, 0.5) is 0 Å². The molecule has 2 aromatic heterocycles. The number of nitrogens with zero attached hydrogens (tertiary/aromatic N) is 4. The van der Waals surface area contributed by atoms with Crippen LogP contribution in [0.1, 0.15) is 27.0 Å². The molecule has 1 aliphatic rings. The molecule has 0 spiro atoms. The Labute approximate surface area is 163 Å². The monoisotopic (exact) mass is 412 g/mol. The van der Waals surface area contributed by atoms with Crippen molar-refractivity contribution in [2.45, 2.75) is 45.3 Å². The number of carbonyl (C=O) groups is 3. The van der Waals surface area contributed by atoms with Crippen LogP contribution < -0.4 is 0 Å². The first-order valence-corrected chi connectivity index (χ1v) is 8.62. The third kappa shape index (κ3) is 4.04. The third-order valence-corrected chi connectivity index (χ3v) is 4.21. The summed E-state index contributed by atoms with van der Waals surface area (Å²) in [6.45, 7) is 3.45. The van der Waals surface area contributed by atoms with Crippen molar-refractivity contribution in [2.24, 2.45) is 0 Å². The number of ether oxygens (including phenoxy) is 4. The summed E-state index contributed by atoms with van der Waals surface area (Å²) < 4.78 is 23.1. The van der Waals surface area contributed by atoms with Crippen molar-refractivity contribution in [2.75, 3.05) is 6.61 Å². The number of carbonyl (C=O) groups excluding carboxylic acids is 3. The van der Waals surface area contributed by atoms with Crippen LogP contribution in [0.15, 0.2) is 12.7 Å². The zero-order valence-electron chi connectivity index (χ0n) is 15.2. The second kappa shape index (κ2) is 8.07. The predicted molar refractivity (Wildman–Crippen MR) is 92.0 cm³/mol. The number of aromatic nitrogens is 4. The molecule has 1 saturated heterocycles. The fourth-order valence-electron chi connectivity index (χ4n) is 2.93. The Morgan fingerprint density at radius 1 is 1.07 bits per heavy atom. The summed E-state index contributed by atoms with van der Waals surface area (Å²) in [6, 6.07) is 0.